The summed E-state index contributed by atoms with van der Waals surface area (Å²) in [5.74, 6) is -0.407. The largest absolute Gasteiger partial charge is 0.510 e. The quantitative estimate of drug-likeness (QED) is 0.858. The number of benzene rings is 2. The van der Waals surface area contributed by atoms with Gasteiger partial charge < -0.3 is 14.7 Å². The van der Waals surface area contributed by atoms with Crippen LogP contribution in [0.1, 0.15) is 6.42 Å². The van der Waals surface area contributed by atoms with Crippen LogP contribution in [-0.4, -0.2) is 31.3 Å². The van der Waals surface area contributed by atoms with Gasteiger partial charge in [0, 0.05) is 24.0 Å². The first kappa shape index (κ1) is 14.7. The third-order valence-corrected chi connectivity index (χ3v) is 4.24. The summed E-state index contributed by atoms with van der Waals surface area (Å²) in [5.41, 5.74) is 1.31. The number of anilines is 1. The van der Waals surface area contributed by atoms with E-state index in [0.29, 0.717) is 23.6 Å². The summed E-state index contributed by atoms with van der Waals surface area (Å²) in [5, 5.41) is 12.8. The molecule has 2 aromatic carbocycles. The lowest BCUT2D eigenvalue weighted by molar-refractivity contribution is -0.136. The molecule has 4 nitrogen and oxygen atoms in total. The Morgan fingerprint density at radius 1 is 1.27 bits per heavy atom. The number of esters is 1. The molecule has 0 atom stereocenters. The molecule has 114 valence electrons. The number of aliphatic hydroxyl groups is 1. The molecule has 0 saturated carbocycles. The first-order valence-electron chi connectivity index (χ1n) is 7.03. The molecular formula is C17H16ClNO3. The smallest absolute Gasteiger partial charge is 0.337 e. The summed E-state index contributed by atoms with van der Waals surface area (Å²) in [6, 6.07) is 11.7. The van der Waals surface area contributed by atoms with Gasteiger partial charge in [0.25, 0.3) is 0 Å². The normalized spacial score (nSPS) is 15.3. The van der Waals surface area contributed by atoms with Crippen molar-refractivity contribution in [1.82, 2.24) is 0 Å². The minimum Gasteiger partial charge on any atom is -0.510 e. The van der Waals surface area contributed by atoms with Gasteiger partial charge in [-0.2, -0.15) is 0 Å². The van der Waals surface area contributed by atoms with E-state index in [9.17, 15) is 9.90 Å². The second kappa shape index (κ2) is 5.89. The van der Waals surface area contributed by atoms with Crippen LogP contribution in [0.5, 0.6) is 0 Å². The van der Waals surface area contributed by atoms with Gasteiger partial charge in [-0.1, -0.05) is 35.9 Å². The van der Waals surface area contributed by atoms with Crippen LogP contribution in [-0.2, 0) is 9.53 Å². The van der Waals surface area contributed by atoms with Crippen LogP contribution in [0.3, 0.4) is 0 Å². The van der Waals surface area contributed by atoms with E-state index in [0.717, 1.165) is 16.5 Å². The predicted octanol–water partition coefficient (Wildman–Crippen LogP) is 3.69. The summed E-state index contributed by atoms with van der Waals surface area (Å²) < 4.78 is 4.69. The van der Waals surface area contributed by atoms with E-state index < -0.39 is 5.97 Å². The van der Waals surface area contributed by atoms with Crippen LogP contribution in [0.2, 0.25) is 5.02 Å². The molecule has 0 bridgehead atoms. The fraction of sp³-hybridized carbons (Fsp3) is 0.235. The van der Waals surface area contributed by atoms with Crippen molar-refractivity contribution in [1.29, 1.82) is 0 Å². The summed E-state index contributed by atoms with van der Waals surface area (Å²) in [6.45, 7) is 0.896. The molecule has 1 aliphatic heterocycles. The highest BCUT2D eigenvalue weighted by atomic mass is 35.5. The highest BCUT2D eigenvalue weighted by Crippen LogP contribution is 2.34. The van der Waals surface area contributed by atoms with Gasteiger partial charge >= 0.3 is 5.97 Å². The minimum atomic E-state index is -0.465. The van der Waals surface area contributed by atoms with Crippen molar-refractivity contribution >= 4 is 34.0 Å². The number of carbonyl (C=O) groups is 1. The molecule has 0 fully saturated rings. The predicted molar refractivity (Wildman–Crippen MR) is 87.5 cm³/mol. The molecule has 0 spiro atoms. The Morgan fingerprint density at radius 3 is 2.68 bits per heavy atom. The van der Waals surface area contributed by atoms with Crippen molar-refractivity contribution in [2.75, 3.05) is 25.1 Å². The van der Waals surface area contributed by atoms with Gasteiger partial charge in [-0.15, -0.1) is 0 Å². The van der Waals surface area contributed by atoms with Gasteiger partial charge in [-0.3, -0.25) is 0 Å². The summed E-state index contributed by atoms with van der Waals surface area (Å²) in [7, 11) is 1.32. The van der Waals surface area contributed by atoms with Crippen LogP contribution in [0.15, 0.2) is 47.7 Å². The SMILES string of the molecule is COC(=O)C1=C(O)CN(c2cccc3cccc(Cl)c23)CC1. The molecule has 5 heteroatoms. The zero-order valence-corrected chi connectivity index (χ0v) is 12.9. The highest BCUT2D eigenvalue weighted by molar-refractivity contribution is 6.36. The number of hydrogen-bond acceptors (Lipinski definition) is 4. The number of ether oxygens (including phenoxy) is 1. The second-order valence-electron chi connectivity index (χ2n) is 5.20. The molecular weight excluding hydrogens is 302 g/mol. The van der Waals surface area contributed by atoms with E-state index >= 15 is 0 Å². The number of nitrogens with zero attached hydrogens (tertiary/aromatic N) is 1. The van der Waals surface area contributed by atoms with E-state index in [1.54, 1.807) is 0 Å². The molecule has 1 aliphatic rings. The van der Waals surface area contributed by atoms with Crippen LogP contribution in [0.4, 0.5) is 5.69 Å². The van der Waals surface area contributed by atoms with Crippen LogP contribution < -0.4 is 4.90 Å². The van der Waals surface area contributed by atoms with Crippen molar-refractivity contribution in [3.05, 3.63) is 52.8 Å². The number of halogens is 1. The maximum Gasteiger partial charge on any atom is 0.337 e. The van der Waals surface area contributed by atoms with Crippen molar-refractivity contribution in [2.24, 2.45) is 0 Å². The topological polar surface area (TPSA) is 49.8 Å². The van der Waals surface area contributed by atoms with Gasteiger partial charge in [0.2, 0.25) is 0 Å². The molecule has 0 unspecified atom stereocenters. The number of carbonyl (C=O) groups excluding carboxylic acids is 1. The third-order valence-electron chi connectivity index (χ3n) is 3.93. The first-order chi connectivity index (χ1) is 10.6. The molecule has 0 radical (unpaired) electrons. The zero-order valence-electron chi connectivity index (χ0n) is 12.2. The highest BCUT2D eigenvalue weighted by Gasteiger charge is 2.25. The summed E-state index contributed by atoms with van der Waals surface area (Å²) >= 11 is 6.34. The van der Waals surface area contributed by atoms with E-state index in [1.807, 2.05) is 41.3 Å². The number of fused-ring (bicyclic) bond motifs is 1. The van der Waals surface area contributed by atoms with Gasteiger partial charge in [0.1, 0.15) is 5.76 Å². The lowest BCUT2D eigenvalue weighted by atomic mass is 10.0. The molecule has 1 heterocycles. The molecule has 3 rings (SSSR count). The Bertz CT molecular complexity index is 764. The Morgan fingerprint density at radius 2 is 2.00 bits per heavy atom. The number of methoxy groups -OCH3 is 1. The van der Waals surface area contributed by atoms with E-state index in [4.69, 9.17) is 16.3 Å². The van der Waals surface area contributed by atoms with Gasteiger partial charge in [-0.05, 0) is 17.5 Å². The van der Waals surface area contributed by atoms with Crippen molar-refractivity contribution in [2.45, 2.75) is 6.42 Å². The maximum absolute atomic E-state index is 11.6. The second-order valence-corrected chi connectivity index (χ2v) is 5.61. The molecule has 22 heavy (non-hydrogen) atoms. The number of aliphatic hydroxyl groups excluding tert-OH is 1. The zero-order chi connectivity index (χ0) is 15.7. The van der Waals surface area contributed by atoms with Crippen molar-refractivity contribution < 1.29 is 14.6 Å². The standard InChI is InChI=1S/C17H16ClNO3/c1-22-17(21)12-8-9-19(10-15(12)20)14-7-3-5-11-4-2-6-13(18)16(11)14/h2-7,20H,8-10H2,1H3. The van der Waals surface area contributed by atoms with Crippen molar-refractivity contribution in [3.63, 3.8) is 0 Å². The fourth-order valence-electron chi connectivity index (χ4n) is 2.83. The average molecular weight is 318 g/mol. The fourth-order valence-corrected chi connectivity index (χ4v) is 3.11. The van der Waals surface area contributed by atoms with Gasteiger partial charge in [-0.25, -0.2) is 4.79 Å². The molecule has 2 aromatic rings. The lowest BCUT2D eigenvalue weighted by Crippen LogP contribution is -2.33. The minimum absolute atomic E-state index is 0.0576. The number of hydrogen-bond donors (Lipinski definition) is 1. The summed E-state index contributed by atoms with van der Waals surface area (Å²) in [4.78, 5) is 13.6. The lowest BCUT2D eigenvalue weighted by Gasteiger charge is -2.30. The van der Waals surface area contributed by atoms with Gasteiger partial charge in [0.05, 0.1) is 24.3 Å². The third kappa shape index (κ3) is 2.50. The maximum atomic E-state index is 11.6. The Hall–Kier alpha value is -2.20. The molecule has 0 aliphatic carbocycles. The average Bonchev–Trinajstić information content (AvgIpc) is 2.54. The van der Waals surface area contributed by atoms with E-state index in [-0.39, 0.29) is 12.3 Å². The van der Waals surface area contributed by atoms with E-state index in [1.165, 1.54) is 7.11 Å². The van der Waals surface area contributed by atoms with Crippen LogP contribution in [0.25, 0.3) is 10.8 Å². The Kier molecular flexibility index (Phi) is 3.94. The monoisotopic (exact) mass is 317 g/mol. The summed E-state index contributed by atoms with van der Waals surface area (Å²) in [6.07, 6.45) is 0.444. The molecule has 0 saturated heterocycles. The molecule has 0 amide bonds. The first-order valence-corrected chi connectivity index (χ1v) is 7.41. The van der Waals surface area contributed by atoms with Crippen molar-refractivity contribution in [3.8, 4) is 0 Å². The van der Waals surface area contributed by atoms with Crippen LogP contribution >= 0.6 is 11.6 Å². The van der Waals surface area contributed by atoms with Gasteiger partial charge in [0.15, 0.2) is 0 Å². The number of rotatable bonds is 2. The van der Waals surface area contributed by atoms with E-state index in [2.05, 4.69) is 0 Å². The molecule has 1 N–H and O–H groups in total. The molecule has 0 aromatic heterocycles. The Labute approximate surface area is 133 Å². The van der Waals surface area contributed by atoms with Crippen LogP contribution in [0, 0.1) is 0 Å². The Balaban J connectivity index is 2.01.